The Morgan fingerprint density at radius 3 is 2.71 bits per heavy atom. The van der Waals surface area contributed by atoms with Crippen LogP contribution in [0.4, 0.5) is 5.69 Å². The fourth-order valence-corrected chi connectivity index (χ4v) is 2.30. The Hall–Kier alpha value is -2.61. The van der Waals surface area contributed by atoms with E-state index < -0.39 is 22.1 Å². The van der Waals surface area contributed by atoms with Crippen LogP contribution in [0, 0.1) is 10.1 Å². The van der Waals surface area contributed by atoms with E-state index in [1.54, 1.807) is 0 Å². The van der Waals surface area contributed by atoms with Crippen molar-refractivity contribution in [2.75, 3.05) is 7.11 Å². The van der Waals surface area contributed by atoms with Crippen molar-refractivity contribution in [2.24, 2.45) is 0 Å². The summed E-state index contributed by atoms with van der Waals surface area (Å²) in [6, 6.07) is 5.87. The summed E-state index contributed by atoms with van der Waals surface area (Å²) in [7, 11) is 1.34. The van der Waals surface area contributed by atoms with Crippen molar-refractivity contribution in [3.63, 3.8) is 0 Å². The van der Waals surface area contributed by atoms with E-state index in [-0.39, 0.29) is 18.1 Å². The molecule has 0 atom stereocenters. The van der Waals surface area contributed by atoms with Crippen LogP contribution in [0.15, 0.2) is 29.6 Å². The van der Waals surface area contributed by atoms with Crippen LogP contribution >= 0.6 is 11.3 Å². The van der Waals surface area contributed by atoms with Crippen molar-refractivity contribution in [1.82, 2.24) is 0 Å². The van der Waals surface area contributed by atoms with E-state index in [0.717, 1.165) is 17.0 Å². The minimum atomic E-state index is -1.40. The van der Waals surface area contributed by atoms with Crippen LogP contribution in [0.5, 0.6) is 11.5 Å². The van der Waals surface area contributed by atoms with Gasteiger partial charge < -0.3 is 14.6 Å². The van der Waals surface area contributed by atoms with Crippen LogP contribution in [0.3, 0.4) is 0 Å². The molecule has 0 fully saturated rings. The Morgan fingerprint density at radius 2 is 2.19 bits per heavy atom. The van der Waals surface area contributed by atoms with Crippen molar-refractivity contribution < 1.29 is 24.3 Å². The highest BCUT2D eigenvalue weighted by Crippen LogP contribution is 2.35. The zero-order valence-corrected chi connectivity index (χ0v) is 11.8. The van der Waals surface area contributed by atoms with E-state index in [1.165, 1.54) is 18.4 Å². The summed E-state index contributed by atoms with van der Waals surface area (Å²) in [4.78, 5) is 22.2. The fraction of sp³-hybridized carbons (Fsp3) is 0.154. The van der Waals surface area contributed by atoms with E-state index >= 15 is 0 Å². The van der Waals surface area contributed by atoms with Gasteiger partial charge in [-0.3, -0.25) is 10.1 Å². The number of nitrogens with zero attached hydrogens (tertiary/aromatic N) is 1. The number of nitro groups is 1. The van der Waals surface area contributed by atoms with Crippen LogP contribution in [0.2, 0.25) is 0 Å². The summed E-state index contributed by atoms with van der Waals surface area (Å²) < 4.78 is 10.5. The van der Waals surface area contributed by atoms with Crippen LogP contribution in [0.25, 0.3) is 0 Å². The monoisotopic (exact) mass is 309 g/mol. The molecule has 0 aliphatic rings. The van der Waals surface area contributed by atoms with E-state index in [4.69, 9.17) is 14.6 Å². The van der Waals surface area contributed by atoms with Crippen molar-refractivity contribution in [1.29, 1.82) is 0 Å². The Bertz CT molecular complexity index is 668. The van der Waals surface area contributed by atoms with Crippen LogP contribution < -0.4 is 9.47 Å². The van der Waals surface area contributed by atoms with E-state index in [9.17, 15) is 14.9 Å². The average molecular weight is 309 g/mol. The molecule has 0 aliphatic carbocycles. The molecular weight excluding hydrogens is 298 g/mol. The summed E-state index contributed by atoms with van der Waals surface area (Å²) in [6.07, 6.45) is 0. The van der Waals surface area contributed by atoms with E-state index in [0.29, 0.717) is 0 Å². The first kappa shape index (κ1) is 14.8. The van der Waals surface area contributed by atoms with Gasteiger partial charge in [0.2, 0.25) is 0 Å². The number of hydrogen-bond acceptors (Lipinski definition) is 6. The maximum absolute atomic E-state index is 11.1. The maximum Gasteiger partial charge on any atom is 0.342 e. The van der Waals surface area contributed by atoms with Gasteiger partial charge in [0.1, 0.15) is 12.2 Å². The third-order valence-corrected chi connectivity index (χ3v) is 3.51. The van der Waals surface area contributed by atoms with Crippen LogP contribution in [0.1, 0.15) is 15.2 Å². The van der Waals surface area contributed by atoms with E-state index in [2.05, 4.69) is 0 Å². The Kier molecular flexibility index (Phi) is 4.39. The molecule has 7 nitrogen and oxygen atoms in total. The Morgan fingerprint density at radius 1 is 1.43 bits per heavy atom. The first-order valence-corrected chi connectivity index (χ1v) is 6.65. The minimum Gasteiger partial charge on any atom is -0.493 e. The summed E-state index contributed by atoms with van der Waals surface area (Å²) in [5.74, 6) is -1.14. The molecule has 2 rings (SSSR count). The molecule has 1 N–H and O–H groups in total. The van der Waals surface area contributed by atoms with Gasteiger partial charge in [0, 0.05) is 10.9 Å². The predicted octanol–water partition coefficient (Wildman–Crippen LogP) is 2.94. The van der Waals surface area contributed by atoms with Gasteiger partial charge >= 0.3 is 5.97 Å². The molecule has 0 saturated carbocycles. The molecule has 0 aliphatic heterocycles. The van der Waals surface area contributed by atoms with Crippen molar-refractivity contribution in [2.45, 2.75) is 6.61 Å². The molecular formula is C13H11NO6S. The van der Waals surface area contributed by atoms with Crippen molar-refractivity contribution in [3.05, 3.63) is 50.2 Å². The van der Waals surface area contributed by atoms with Gasteiger partial charge in [0.25, 0.3) is 5.69 Å². The number of thiophene rings is 1. The average Bonchev–Trinajstić information content (AvgIpc) is 2.97. The minimum absolute atomic E-state index is 0.127. The summed E-state index contributed by atoms with van der Waals surface area (Å²) in [5, 5.41) is 21.8. The highest BCUT2D eigenvalue weighted by Gasteiger charge is 2.24. The molecule has 0 bridgehead atoms. The molecule has 21 heavy (non-hydrogen) atoms. The molecule has 0 amide bonds. The number of methoxy groups -OCH3 is 1. The highest BCUT2D eigenvalue weighted by molar-refractivity contribution is 7.09. The second-order valence-corrected chi connectivity index (χ2v) is 4.98. The zero-order chi connectivity index (χ0) is 15.4. The number of carbonyl (C=O) groups is 1. The number of ether oxygens (including phenoxy) is 2. The molecule has 0 unspecified atom stereocenters. The molecule has 0 radical (unpaired) electrons. The fourth-order valence-electron chi connectivity index (χ4n) is 1.69. The lowest BCUT2D eigenvalue weighted by molar-refractivity contribution is -0.385. The first-order chi connectivity index (χ1) is 10.0. The molecule has 0 saturated heterocycles. The van der Waals surface area contributed by atoms with Gasteiger partial charge in [-0.05, 0) is 11.4 Å². The number of nitro benzene ring substituents is 1. The zero-order valence-electron chi connectivity index (χ0n) is 10.9. The van der Waals surface area contributed by atoms with Gasteiger partial charge in [-0.25, -0.2) is 4.79 Å². The van der Waals surface area contributed by atoms with Crippen molar-refractivity contribution >= 4 is 23.0 Å². The first-order valence-electron chi connectivity index (χ1n) is 5.78. The van der Waals surface area contributed by atoms with Gasteiger partial charge in [-0.2, -0.15) is 0 Å². The summed E-state index contributed by atoms with van der Waals surface area (Å²) in [5.41, 5.74) is -0.982. The Balaban J connectivity index is 2.37. The standard InChI is InChI=1S/C13H11NO6S/c1-19-11-5-9(13(15)16)10(14(17)18)6-12(11)20-7-8-3-2-4-21-8/h2-6H,7H2,1H3,(H,15,16). The molecule has 110 valence electrons. The number of carboxylic acid groups (broad SMARTS) is 1. The van der Waals surface area contributed by atoms with Crippen LogP contribution in [-0.4, -0.2) is 23.1 Å². The van der Waals surface area contributed by atoms with Gasteiger partial charge in [0.15, 0.2) is 11.5 Å². The SMILES string of the molecule is COc1cc(C(=O)O)c([N+](=O)[O-])cc1OCc1cccs1. The topological polar surface area (TPSA) is 98.9 Å². The second-order valence-electron chi connectivity index (χ2n) is 3.95. The highest BCUT2D eigenvalue weighted by atomic mass is 32.1. The largest absolute Gasteiger partial charge is 0.493 e. The molecule has 1 aromatic heterocycles. The lowest BCUT2D eigenvalue weighted by Crippen LogP contribution is -2.05. The lowest BCUT2D eigenvalue weighted by atomic mass is 10.1. The third-order valence-electron chi connectivity index (χ3n) is 2.66. The molecule has 0 spiro atoms. The normalized spacial score (nSPS) is 10.1. The number of aromatic carboxylic acids is 1. The molecule has 1 heterocycles. The number of benzene rings is 1. The summed E-state index contributed by atoms with van der Waals surface area (Å²) in [6.45, 7) is 0.220. The maximum atomic E-state index is 11.1. The number of carboxylic acids is 1. The molecule has 2 aromatic rings. The third kappa shape index (κ3) is 3.29. The second kappa shape index (κ2) is 6.23. The van der Waals surface area contributed by atoms with Gasteiger partial charge in [-0.15, -0.1) is 11.3 Å². The van der Waals surface area contributed by atoms with Gasteiger partial charge in [0.05, 0.1) is 18.1 Å². The molecule has 1 aromatic carbocycles. The van der Waals surface area contributed by atoms with Gasteiger partial charge in [-0.1, -0.05) is 6.07 Å². The quantitative estimate of drug-likeness (QED) is 0.650. The predicted molar refractivity (Wildman–Crippen MR) is 75.3 cm³/mol. The Labute approximate surface area is 123 Å². The summed E-state index contributed by atoms with van der Waals surface area (Å²) >= 11 is 1.48. The van der Waals surface area contributed by atoms with Crippen LogP contribution in [-0.2, 0) is 6.61 Å². The van der Waals surface area contributed by atoms with E-state index in [1.807, 2.05) is 17.5 Å². The number of hydrogen-bond donors (Lipinski definition) is 1. The van der Waals surface area contributed by atoms with Crippen molar-refractivity contribution in [3.8, 4) is 11.5 Å². The lowest BCUT2D eigenvalue weighted by Gasteiger charge is -2.11. The number of rotatable bonds is 6. The smallest absolute Gasteiger partial charge is 0.342 e. The molecule has 8 heteroatoms.